The summed E-state index contributed by atoms with van der Waals surface area (Å²) in [5.74, 6) is 1.74. The Morgan fingerprint density at radius 3 is 2.68 bits per heavy atom. The van der Waals surface area contributed by atoms with E-state index in [9.17, 15) is 14.5 Å². The lowest BCUT2D eigenvalue weighted by molar-refractivity contribution is -0.149. The maximum Gasteiger partial charge on any atom is 0.459 e. The van der Waals surface area contributed by atoms with Crippen molar-refractivity contribution in [2.45, 2.75) is 57.0 Å². The zero-order valence-electron chi connectivity index (χ0n) is 20.3. The fraction of sp³-hybridized carbons (Fsp3) is 0.435. The number of nitrogens with zero attached hydrogens (tertiary/aromatic N) is 2. The summed E-state index contributed by atoms with van der Waals surface area (Å²) in [6.45, 7) is 3.93. The van der Waals surface area contributed by atoms with Crippen LogP contribution in [0.4, 0.5) is 10.2 Å². The Labute approximate surface area is 218 Å². The first-order valence-electron chi connectivity index (χ1n) is 11.2. The van der Waals surface area contributed by atoms with Gasteiger partial charge in [0.25, 0.3) is 0 Å². The van der Waals surface area contributed by atoms with Crippen LogP contribution in [0.25, 0.3) is 0 Å². The highest BCUT2D eigenvalue weighted by molar-refractivity contribution is 7.71. The van der Waals surface area contributed by atoms with E-state index in [2.05, 4.69) is 16.0 Å². The molecule has 2 aromatic rings. The molecule has 200 valence electrons. The number of aromatic nitrogens is 2. The highest BCUT2D eigenvalue weighted by Gasteiger charge is 2.56. The first kappa shape index (κ1) is 28.7. The lowest BCUT2D eigenvalue weighted by Crippen LogP contribution is -2.45. The van der Waals surface area contributed by atoms with E-state index in [1.807, 2.05) is 0 Å². The standard InChI is InChI=1S/C23H28FN4O7PS/c1-5-23(19(29)18(24)20(34-23)28-12-11-17(25)26-22(28)37)13-32-36(31,35-16-9-7-6-8-10-16)27-15(4)21(30)33-14(2)3/h1,6-12,14-15,18-20,29H,13H2,2-4H3,(H,27,31)(H2,25,26,37)/t15-,18-,19?,20+,23+,36?/m0/s1. The third kappa shape index (κ3) is 6.73. The van der Waals surface area contributed by atoms with Crippen LogP contribution in [0.1, 0.15) is 27.0 Å². The molecule has 3 rings (SSSR count). The molecule has 2 heterocycles. The Morgan fingerprint density at radius 1 is 1.41 bits per heavy atom. The first-order chi connectivity index (χ1) is 17.4. The van der Waals surface area contributed by atoms with Crippen molar-refractivity contribution < 1.29 is 37.4 Å². The minimum Gasteiger partial charge on any atom is -0.462 e. The van der Waals surface area contributed by atoms with Crippen LogP contribution >= 0.6 is 20.0 Å². The summed E-state index contributed by atoms with van der Waals surface area (Å²) >= 11 is 5.12. The molecule has 1 aliphatic rings. The van der Waals surface area contributed by atoms with Gasteiger partial charge >= 0.3 is 13.7 Å². The zero-order chi connectivity index (χ0) is 27.4. The van der Waals surface area contributed by atoms with Crippen LogP contribution in [0.5, 0.6) is 5.75 Å². The number of carbonyl (C=O) groups excluding carboxylic acids is 1. The van der Waals surface area contributed by atoms with Crippen molar-refractivity contribution in [3.63, 3.8) is 0 Å². The predicted molar refractivity (Wildman–Crippen MR) is 135 cm³/mol. The summed E-state index contributed by atoms with van der Waals surface area (Å²) in [6, 6.07) is 8.23. The molecule has 11 nitrogen and oxygen atoms in total. The van der Waals surface area contributed by atoms with Crippen LogP contribution in [0, 0.1) is 17.1 Å². The Kier molecular flexibility index (Phi) is 9.07. The number of aliphatic hydroxyl groups is 1. The van der Waals surface area contributed by atoms with Crippen LogP contribution in [-0.4, -0.2) is 57.3 Å². The SMILES string of the molecule is C#C[C@]1(COP(=O)(N[C@@H](C)C(=O)OC(C)C)Oc2ccccc2)O[C@@H](n2ccc(N)nc2=S)[C@@H](F)C1O. The number of halogens is 1. The summed E-state index contributed by atoms with van der Waals surface area (Å²) in [4.78, 5) is 16.2. The molecule has 1 aromatic heterocycles. The number of hydrogen-bond donors (Lipinski definition) is 3. The molecular weight excluding hydrogens is 526 g/mol. The first-order valence-corrected chi connectivity index (χ1v) is 13.1. The molecule has 0 saturated carbocycles. The summed E-state index contributed by atoms with van der Waals surface area (Å²) in [5, 5.41) is 13.2. The van der Waals surface area contributed by atoms with Crippen molar-refractivity contribution in [1.29, 1.82) is 0 Å². The molecule has 14 heteroatoms. The molecule has 37 heavy (non-hydrogen) atoms. The molecule has 6 atom stereocenters. The molecule has 0 amide bonds. The number of nitrogens with two attached hydrogens (primary N) is 1. The molecule has 0 aliphatic carbocycles. The van der Waals surface area contributed by atoms with E-state index in [4.69, 9.17) is 42.9 Å². The number of carbonyl (C=O) groups is 1. The minimum atomic E-state index is -4.37. The van der Waals surface area contributed by atoms with Gasteiger partial charge in [0, 0.05) is 6.20 Å². The highest BCUT2D eigenvalue weighted by Crippen LogP contribution is 2.48. The Morgan fingerprint density at radius 2 is 2.08 bits per heavy atom. The lowest BCUT2D eigenvalue weighted by atomic mass is 9.98. The Bertz CT molecular complexity index is 1260. The highest BCUT2D eigenvalue weighted by atomic mass is 32.1. The molecule has 1 fully saturated rings. The van der Waals surface area contributed by atoms with Crippen LogP contribution in [0.3, 0.4) is 0 Å². The van der Waals surface area contributed by atoms with E-state index in [1.165, 1.54) is 31.3 Å². The van der Waals surface area contributed by atoms with Crippen molar-refractivity contribution in [3.05, 3.63) is 47.4 Å². The quantitative estimate of drug-likeness (QED) is 0.172. The molecule has 1 aromatic carbocycles. The number of rotatable bonds is 10. The van der Waals surface area contributed by atoms with Gasteiger partial charge in [-0.15, -0.1) is 6.42 Å². The molecule has 2 unspecified atom stereocenters. The van der Waals surface area contributed by atoms with E-state index < -0.39 is 56.6 Å². The molecule has 0 spiro atoms. The monoisotopic (exact) mass is 554 g/mol. The summed E-state index contributed by atoms with van der Waals surface area (Å²) in [7, 11) is -4.37. The molecule has 1 saturated heterocycles. The van der Waals surface area contributed by atoms with Crippen molar-refractivity contribution in [2.24, 2.45) is 0 Å². The smallest absolute Gasteiger partial charge is 0.459 e. The maximum atomic E-state index is 15.2. The summed E-state index contributed by atoms with van der Waals surface area (Å²) < 4.78 is 51.9. The van der Waals surface area contributed by atoms with Crippen molar-refractivity contribution in [1.82, 2.24) is 14.6 Å². The number of esters is 1. The second-order valence-corrected chi connectivity index (χ2v) is 10.5. The number of alkyl halides is 1. The number of nitrogen functional groups attached to an aromatic ring is 1. The van der Waals surface area contributed by atoms with E-state index in [0.717, 1.165) is 4.57 Å². The molecular formula is C23H28FN4O7PS. The van der Waals surface area contributed by atoms with Gasteiger partial charge in [0.2, 0.25) is 4.77 Å². The van der Waals surface area contributed by atoms with Crippen LogP contribution in [0.15, 0.2) is 42.6 Å². The second-order valence-electron chi connectivity index (χ2n) is 8.49. The van der Waals surface area contributed by atoms with Gasteiger partial charge in [-0.3, -0.25) is 13.9 Å². The van der Waals surface area contributed by atoms with E-state index in [0.29, 0.717) is 0 Å². The van der Waals surface area contributed by atoms with E-state index in [1.54, 1.807) is 32.0 Å². The predicted octanol–water partition coefficient (Wildman–Crippen LogP) is 2.93. The Balaban J connectivity index is 1.86. The normalized spacial score (nSPS) is 25.7. The lowest BCUT2D eigenvalue weighted by Gasteiger charge is -2.29. The molecule has 1 aliphatic heterocycles. The number of nitrogens with one attached hydrogen (secondary N) is 1. The van der Waals surface area contributed by atoms with Gasteiger partial charge in [0.15, 0.2) is 18.0 Å². The summed E-state index contributed by atoms with van der Waals surface area (Å²) in [5.41, 5.74) is 3.50. The number of terminal acetylenes is 1. The van der Waals surface area contributed by atoms with Crippen molar-refractivity contribution >= 4 is 31.8 Å². The van der Waals surface area contributed by atoms with E-state index >= 15 is 4.39 Å². The third-order valence-corrected chi connectivity index (χ3v) is 7.15. The fourth-order valence-electron chi connectivity index (χ4n) is 3.39. The molecule has 0 bridgehead atoms. The fourth-order valence-corrected chi connectivity index (χ4v) is 5.18. The van der Waals surface area contributed by atoms with Gasteiger partial charge in [-0.25, -0.2) is 13.9 Å². The van der Waals surface area contributed by atoms with Crippen molar-refractivity contribution in [3.8, 4) is 18.1 Å². The van der Waals surface area contributed by atoms with Gasteiger partial charge in [-0.2, -0.15) is 5.09 Å². The maximum absolute atomic E-state index is 15.2. The minimum absolute atomic E-state index is 0.106. The molecule has 4 N–H and O–H groups in total. The average molecular weight is 555 g/mol. The van der Waals surface area contributed by atoms with E-state index in [-0.39, 0.29) is 16.3 Å². The third-order valence-electron chi connectivity index (χ3n) is 5.23. The number of hydrogen-bond acceptors (Lipinski definition) is 10. The number of benzene rings is 1. The Hall–Kier alpha value is -2.85. The van der Waals surface area contributed by atoms with Crippen molar-refractivity contribution in [2.75, 3.05) is 12.3 Å². The number of aliphatic hydroxyl groups excluding tert-OH is 1. The second kappa shape index (κ2) is 11.7. The van der Waals surface area contributed by atoms with Crippen LogP contribution < -0.4 is 15.3 Å². The van der Waals surface area contributed by atoms with Gasteiger partial charge < -0.3 is 24.8 Å². The largest absolute Gasteiger partial charge is 0.462 e. The van der Waals surface area contributed by atoms with Gasteiger partial charge in [-0.05, 0) is 51.2 Å². The van der Waals surface area contributed by atoms with Gasteiger partial charge in [0.1, 0.15) is 30.3 Å². The van der Waals surface area contributed by atoms with Crippen LogP contribution in [0.2, 0.25) is 0 Å². The number of para-hydroxylation sites is 1. The topological polar surface area (TPSA) is 147 Å². The number of anilines is 1. The zero-order valence-corrected chi connectivity index (χ0v) is 22.0. The number of ether oxygens (including phenoxy) is 2. The molecule has 0 radical (unpaired) electrons. The average Bonchev–Trinajstić information content (AvgIpc) is 3.08. The van der Waals surface area contributed by atoms with Gasteiger partial charge in [0.05, 0.1) is 6.10 Å². The van der Waals surface area contributed by atoms with Gasteiger partial charge in [-0.1, -0.05) is 24.1 Å². The van der Waals surface area contributed by atoms with Crippen LogP contribution in [-0.2, 0) is 23.4 Å². The summed E-state index contributed by atoms with van der Waals surface area (Å²) in [6.07, 6.45) is 1.11.